The second kappa shape index (κ2) is 12.9. The van der Waals surface area contributed by atoms with Gasteiger partial charge in [0.15, 0.2) is 6.29 Å². The van der Waals surface area contributed by atoms with Crippen LogP contribution in [0, 0.1) is 11.8 Å². The van der Waals surface area contributed by atoms with Gasteiger partial charge in [0.1, 0.15) is 0 Å². The molecule has 1 aromatic rings. The van der Waals surface area contributed by atoms with Crippen molar-refractivity contribution in [1.82, 2.24) is 0 Å². The molecule has 0 aromatic heterocycles. The molecule has 3 unspecified atom stereocenters. The van der Waals surface area contributed by atoms with E-state index in [1.165, 1.54) is 44.8 Å². The summed E-state index contributed by atoms with van der Waals surface area (Å²) in [6, 6.07) is 10.5. The summed E-state index contributed by atoms with van der Waals surface area (Å²) in [5, 5.41) is 0. The van der Waals surface area contributed by atoms with E-state index >= 15 is 0 Å². The predicted octanol–water partition coefficient (Wildman–Crippen LogP) is 6.15. The van der Waals surface area contributed by atoms with Crippen molar-refractivity contribution >= 4 is 12.0 Å². The van der Waals surface area contributed by atoms with Crippen LogP contribution in [0.4, 0.5) is 0 Å². The van der Waals surface area contributed by atoms with E-state index in [0.29, 0.717) is 18.3 Å². The Morgan fingerprint density at radius 3 is 2.67 bits per heavy atom. The summed E-state index contributed by atoms with van der Waals surface area (Å²) < 4.78 is 17.0. The van der Waals surface area contributed by atoms with Gasteiger partial charge in [-0.15, -0.1) is 0 Å². The minimum Gasteiger partial charge on any atom is -0.469 e. The van der Waals surface area contributed by atoms with Crippen LogP contribution in [0.15, 0.2) is 36.4 Å². The Morgan fingerprint density at radius 2 is 1.90 bits per heavy atom. The third kappa shape index (κ3) is 7.55. The van der Waals surface area contributed by atoms with E-state index in [0.717, 1.165) is 38.7 Å². The fourth-order valence-electron chi connectivity index (χ4n) is 4.77. The quantitative estimate of drug-likeness (QED) is 0.322. The van der Waals surface area contributed by atoms with Crippen LogP contribution in [0.25, 0.3) is 6.08 Å². The highest BCUT2D eigenvalue weighted by molar-refractivity contribution is 5.68. The summed E-state index contributed by atoms with van der Waals surface area (Å²) in [5.41, 5.74) is 1.25. The Balaban J connectivity index is 1.51. The molecule has 2 aliphatic rings. The molecule has 1 saturated heterocycles. The lowest BCUT2D eigenvalue weighted by Gasteiger charge is -2.29. The molecular weight excluding hydrogens is 376 g/mol. The largest absolute Gasteiger partial charge is 0.469 e. The van der Waals surface area contributed by atoms with Gasteiger partial charge < -0.3 is 14.2 Å². The van der Waals surface area contributed by atoms with Crippen molar-refractivity contribution in [2.24, 2.45) is 11.8 Å². The second-order valence-electron chi connectivity index (χ2n) is 8.68. The summed E-state index contributed by atoms with van der Waals surface area (Å²) in [5.74, 6) is 1.02. The van der Waals surface area contributed by atoms with E-state index in [2.05, 4.69) is 42.5 Å². The zero-order valence-corrected chi connectivity index (χ0v) is 18.5. The molecule has 1 aliphatic carbocycles. The Kier molecular flexibility index (Phi) is 9.91. The zero-order valence-electron chi connectivity index (χ0n) is 18.5. The summed E-state index contributed by atoms with van der Waals surface area (Å²) >= 11 is 0. The van der Waals surface area contributed by atoms with Gasteiger partial charge >= 0.3 is 5.97 Å². The van der Waals surface area contributed by atoms with Crippen molar-refractivity contribution in [2.45, 2.75) is 83.0 Å². The Morgan fingerprint density at radius 1 is 1.07 bits per heavy atom. The predicted molar refractivity (Wildman–Crippen MR) is 120 cm³/mol. The molecule has 1 saturated carbocycles. The number of benzene rings is 1. The Labute approximate surface area is 182 Å². The molecule has 4 heteroatoms. The monoisotopic (exact) mass is 414 g/mol. The SMILES string of the molecule is COC(=O)CCCCCCC1CC[C@@H](OC2CCCCO2)C1/C=C/c1ccccc1. The van der Waals surface area contributed by atoms with E-state index in [1.54, 1.807) is 0 Å². The van der Waals surface area contributed by atoms with E-state index in [9.17, 15) is 4.79 Å². The average molecular weight is 415 g/mol. The van der Waals surface area contributed by atoms with E-state index in [-0.39, 0.29) is 18.4 Å². The van der Waals surface area contributed by atoms with E-state index in [1.807, 2.05) is 0 Å². The van der Waals surface area contributed by atoms with Crippen LogP contribution in [0.2, 0.25) is 0 Å². The smallest absolute Gasteiger partial charge is 0.305 e. The van der Waals surface area contributed by atoms with Gasteiger partial charge in [0.2, 0.25) is 0 Å². The fraction of sp³-hybridized carbons (Fsp3) is 0.654. The highest BCUT2D eigenvalue weighted by Gasteiger charge is 2.36. The third-order valence-corrected chi connectivity index (χ3v) is 6.50. The van der Waals surface area contributed by atoms with Gasteiger partial charge in [0, 0.05) is 18.9 Å². The molecule has 0 bridgehead atoms. The molecule has 1 heterocycles. The van der Waals surface area contributed by atoms with Crippen molar-refractivity contribution in [3.05, 3.63) is 42.0 Å². The van der Waals surface area contributed by atoms with E-state index < -0.39 is 0 Å². The highest BCUT2D eigenvalue weighted by atomic mass is 16.7. The first-order valence-electron chi connectivity index (χ1n) is 11.8. The van der Waals surface area contributed by atoms with Gasteiger partial charge in [0.05, 0.1) is 13.2 Å². The summed E-state index contributed by atoms with van der Waals surface area (Å²) in [6.45, 7) is 0.830. The summed E-state index contributed by atoms with van der Waals surface area (Å²) in [4.78, 5) is 11.2. The maximum absolute atomic E-state index is 11.2. The normalized spacial score (nSPS) is 26.8. The maximum Gasteiger partial charge on any atom is 0.305 e. The van der Waals surface area contributed by atoms with Crippen LogP contribution in [0.1, 0.15) is 76.2 Å². The minimum atomic E-state index is -0.0955. The number of esters is 1. The Hall–Kier alpha value is -1.65. The van der Waals surface area contributed by atoms with E-state index in [4.69, 9.17) is 14.2 Å². The molecule has 0 amide bonds. The second-order valence-corrected chi connectivity index (χ2v) is 8.68. The molecule has 0 spiro atoms. The molecule has 1 aromatic carbocycles. The molecular formula is C26H38O4. The molecule has 4 atom stereocenters. The molecule has 30 heavy (non-hydrogen) atoms. The van der Waals surface area contributed by atoms with Crippen LogP contribution < -0.4 is 0 Å². The van der Waals surface area contributed by atoms with Crippen molar-refractivity contribution < 1.29 is 19.0 Å². The number of carbonyl (C=O) groups excluding carboxylic acids is 1. The van der Waals surface area contributed by atoms with Crippen molar-refractivity contribution in [1.29, 1.82) is 0 Å². The Bertz CT molecular complexity index is 636. The van der Waals surface area contributed by atoms with Gasteiger partial charge in [0.25, 0.3) is 0 Å². The van der Waals surface area contributed by atoms with Gasteiger partial charge in [-0.1, -0.05) is 61.7 Å². The topological polar surface area (TPSA) is 44.8 Å². The van der Waals surface area contributed by atoms with Crippen LogP contribution in [0.5, 0.6) is 0 Å². The number of rotatable bonds is 11. The first kappa shape index (κ1) is 23.0. The minimum absolute atomic E-state index is 0.0200. The number of hydrogen-bond acceptors (Lipinski definition) is 4. The van der Waals surface area contributed by atoms with Crippen LogP contribution in [-0.4, -0.2) is 32.1 Å². The van der Waals surface area contributed by atoms with Crippen molar-refractivity contribution in [2.75, 3.05) is 13.7 Å². The number of hydrogen-bond donors (Lipinski definition) is 0. The number of unbranched alkanes of at least 4 members (excludes halogenated alkanes) is 3. The lowest BCUT2D eigenvalue weighted by molar-refractivity contribution is -0.192. The molecule has 4 nitrogen and oxygen atoms in total. The molecule has 2 fully saturated rings. The first-order chi connectivity index (χ1) is 14.8. The first-order valence-corrected chi connectivity index (χ1v) is 11.8. The lowest BCUT2D eigenvalue weighted by Crippen LogP contribution is -2.30. The molecule has 1 aliphatic heterocycles. The maximum atomic E-state index is 11.2. The van der Waals surface area contributed by atoms with Crippen LogP contribution >= 0.6 is 0 Å². The van der Waals surface area contributed by atoms with Crippen LogP contribution in [-0.2, 0) is 19.0 Å². The molecule has 0 radical (unpaired) electrons. The van der Waals surface area contributed by atoms with Gasteiger partial charge in [-0.25, -0.2) is 0 Å². The molecule has 0 N–H and O–H groups in total. The van der Waals surface area contributed by atoms with Crippen molar-refractivity contribution in [3.63, 3.8) is 0 Å². The van der Waals surface area contributed by atoms with Crippen molar-refractivity contribution in [3.8, 4) is 0 Å². The van der Waals surface area contributed by atoms with Gasteiger partial charge in [-0.2, -0.15) is 0 Å². The standard InChI is InChI=1S/C26H38O4/c1-28-25(27)14-8-3-2-7-13-22-17-19-24(30-26-15-9-10-20-29-26)23(22)18-16-21-11-5-4-6-12-21/h4-6,11-12,16,18,22-24,26H,2-3,7-10,13-15,17,19-20H2,1H3/b18-16+/t22?,23?,24-,26?/m1/s1. The average Bonchev–Trinajstić information content (AvgIpc) is 3.17. The number of ether oxygens (including phenoxy) is 3. The fourth-order valence-corrected chi connectivity index (χ4v) is 4.77. The number of carbonyl (C=O) groups is 1. The third-order valence-electron chi connectivity index (χ3n) is 6.50. The van der Waals surface area contributed by atoms with Gasteiger partial charge in [-0.05, 0) is 56.4 Å². The number of methoxy groups -OCH3 is 1. The molecule has 166 valence electrons. The summed E-state index contributed by atoms with van der Waals surface area (Å²) in [7, 11) is 1.46. The highest BCUT2D eigenvalue weighted by Crippen LogP contribution is 2.40. The van der Waals surface area contributed by atoms with Crippen LogP contribution in [0.3, 0.4) is 0 Å². The lowest BCUT2D eigenvalue weighted by atomic mass is 9.88. The van der Waals surface area contributed by atoms with Gasteiger partial charge in [-0.3, -0.25) is 4.79 Å². The summed E-state index contributed by atoms with van der Waals surface area (Å²) in [6.07, 6.45) is 16.8. The zero-order chi connectivity index (χ0) is 21.0. The molecule has 3 rings (SSSR count).